The zero-order valence-electron chi connectivity index (χ0n) is 15.0. The maximum Gasteiger partial charge on any atom is 0.262 e. The highest BCUT2D eigenvalue weighted by Crippen LogP contribution is 2.29. The quantitative estimate of drug-likeness (QED) is 0.483. The smallest absolute Gasteiger partial charge is 0.262 e. The average Bonchev–Trinajstić information content (AvgIpc) is 3.14. The fraction of sp³-hybridized carbons (Fsp3) is 0.0952. The van der Waals surface area contributed by atoms with Crippen molar-refractivity contribution < 1.29 is 9.53 Å². The average molecular weight is 410 g/mol. The molecule has 140 valence electrons. The fourth-order valence-electron chi connectivity index (χ4n) is 2.64. The summed E-state index contributed by atoms with van der Waals surface area (Å²) in [5.41, 5.74) is 3.47. The number of nitrogens with zero attached hydrogens (tertiary/aromatic N) is 2. The molecule has 0 aliphatic carbocycles. The van der Waals surface area contributed by atoms with Gasteiger partial charge < -0.3 is 10.1 Å². The van der Waals surface area contributed by atoms with Crippen molar-refractivity contribution in [2.45, 2.75) is 6.92 Å². The molecule has 0 saturated carbocycles. The van der Waals surface area contributed by atoms with Crippen LogP contribution in [0.3, 0.4) is 0 Å². The monoisotopic (exact) mass is 409 g/mol. The van der Waals surface area contributed by atoms with Crippen LogP contribution in [0.4, 0.5) is 5.69 Å². The van der Waals surface area contributed by atoms with Gasteiger partial charge in [0.25, 0.3) is 5.91 Å². The van der Waals surface area contributed by atoms with Gasteiger partial charge in [-0.15, -0.1) is 0 Å². The fourth-order valence-corrected chi connectivity index (χ4v) is 3.67. The van der Waals surface area contributed by atoms with E-state index >= 15 is 0 Å². The van der Waals surface area contributed by atoms with E-state index in [9.17, 15) is 4.79 Å². The standard InChI is InChI=1S/C21H16ClN3O2S/c1-13-11-16(8-9-17(13)22)27-12-19(26)24-15-6-4-14(5-7-15)20-25-18-3-2-10-23-21(18)28-20/h2-11H,12H2,1H3,(H,24,26). The summed E-state index contributed by atoms with van der Waals surface area (Å²) >= 11 is 7.53. The number of hydrogen-bond donors (Lipinski definition) is 1. The number of nitrogens with one attached hydrogen (secondary N) is 1. The number of aryl methyl sites for hydroxylation is 1. The number of amides is 1. The van der Waals surface area contributed by atoms with Crippen LogP contribution in [-0.2, 0) is 4.79 Å². The summed E-state index contributed by atoms with van der Waals surface area (Å²) in [5.74, 6) is 0.376. The first-order chi connectivity index (χ1) is 13.6. The summed E-state index contributed by atoms with van der Waals surface area (Å²) in [6.07, 6.45) is 1.76. The normalized spacial score (nSPS) is 10.8. The molecule has 2 aromatic heterocycles. The van der Waals surface area contributed by atoms with Gasteiger partial charge in [-0.2, -0.15) is 0 Å². The van der Waals surface area contributed by atoms with Gasteiger partial charge in [0.05, 0.1) is 0 Å². The Morgan fingerprint density at radius 2 is 2.00 bits per heavy atom. The lowest BCUT2D eigenvalue weighted by atomic mass is 10.2. The Balaban J connectivity index is 1.38. The van der Waals surface area contributed by atoms with Crippen LogP contribution in [0, 0.1) is 6.92 Å². The van der Waals surface area contributed by atoms with Crippen molar-refractivity contribution in [1.29, 1.82) is 0 Å². The van der Waals surface area contributed by atoms with Crippen molar-refractivity contribution in [3.05, 3.63) is 71.4 Å². The number of pyridine rings is 1. The van der Waals surface area contributed by atoms with E-state index < -0.39 is 0 Å². The molecular weight excluding hydrogens is 394 g/mol. The van der Waals surface area contributed by atoms with Crippen LogP contribution in [0.5, 0.6) is 5.75 Å². The molecule has 0 spiro atoms. The number of halogens is 1. The van der Waals surface area contributed by atoms with Gasteiger partial charge in [0.15, 0.2) is 6.61 Å². The van der Waals surface area contributed by atoms with E-state index in [1.807, 2.05) is 43.3 Å². The number of fused-ring (bicyclic) bond motifs is 1. The topological polar surface area (TPSA) is 64.1 Å². The zero-order valence-corrected chi connectivity index (χ0v) is 16.6. The van der Waals surface area contributed by atoms with Gasteiger partial charge in [-0.1, -0.05) is 22.9 Å². The number of aromatic nitrogens is 2. The maximum absolute atomic E-state index is 12.1. The number of ether oxygens (including phenoxy) is 1. The second kappa shape index (κ2) is 7.96. The van der Waals surface area contributed by atoms with Gasteiger partial charge in [0.2, 0.25) is 0 Å². The van der Waals surface area contributed by atoms with Crippen LogP contribution >= 0.6 is 22.9 Å². The molecule has 2 heterocycles. The molecule has 0 atom stereocenters. The van der Waals surface area contributed by atoms with Crippen molar-refractivity contribution in [3.63, 3.8) is 0 Å². The number of benzene rings is 2. The number of hydrogen-bond acceptors (Lipinski definition) is 5. The molecule has 0 saturated heterocycles. The van der Waals surface area contributed by atoms with Crippen LogP contribution in [0.25, 0.3) is 20.9 Å². The molecule has 5 nitrogen and oxygen atoms in total. The largest absolute Gasteiger partial charge is 0.484 e. The summed E-state index contributed by atoms with van der Waals surface area (Å²) < 4.78 is 5.52. The Labute approximate surface area is 171 Å². The number of carbonyl (C=O) groups is 1. The minimum absolute atomic E-state index is 0.0770. The Bertz CT molecular complexity index is 1110. The molecule has 0 bridgehead atoms. The van der Waals surface area contributed by atoms with Crippen LogP contribution < -0.4 is 10.1 Å². The Hall–Kier alpha value is -2.96. The van der Waals surface area contributed by atoms with E-state index in [0.717, 1.165) is 26.5 Å². The van der Waals surface area contributed by atoms with Crippen molar-refractivity contribution >= 4 is 44.9 Å². The first-order valence-corrected chi connectivity index (χ1v) is 9.79. The predicted octanol–water partition coefficient (Wildman–Crippen LogP) is 5.34. The van der Waals surface area contributed by atoms with Crippen molar-refractivity contribution in [1.82, 2.24) is 9.97 Å². The van der Waals surface area contributed by atoms with Crippen LogP contribution in [0.1, 0.15) is 5.56 Å². The number of rotatable bonds is 5. The summed E-state index contributed by atoms with van der Waals surface area (Å²) in [5, 5.41) is 4.39. The highest BCUT2D eigenvalue weighted by molar-refractivity contribution is 7.21. The van der Waals surface area contributed by atoms with Crippen LogP contribution in [0.2, 0.25) is 5.02 Å². The molecule has 4 rings (SSSR count). The third-order valence-electron chi connectivity index (χ3n) is 4.08. The first kappa shape index (κ1) is 18.4. The van der Waals surface area contributed by atoms with Crippen LogP contribution in [-0.4, -0.2) is 22.5 Å². The van der Waals surface area contributed by atoms with Gasteiger partial charge in [-0.25, -0.2) is 9.97 Å². The number of carbonyl (C=O) groups excluding carboxylic acids is 1. The summed E-state index contributed by atoms with van der Waals surface area (Å²) in [4.78, 5) is 21.9. The minimum atomic E-state index is -0.232. The number of thiazole rings is 1. The molecule has 7 heteroatoms. The summed E-state index contributed by atoms with van der Waals surface area (Å²) in [6, 6.07) is 16.7. The molecule has 28 heavy (non-hydrogen) atoms. The van der Waals surface area contributed by atoms with E-state index in [2.05, 4.69) is 15.3 Å². The molecule has 1 N–H and O–H groups in total. The highest BCUT2D eigenvalue weighted by atomic mass is 35.5. The predicted molar refractivity (Wildman–Crippen MR) is 113 cm³/mol. The Kier molecular flexibility index (Phi) is 5.23. The van der Waals surface area contributed by atoms with Crippen molar-refractivity contribution in [2.75, 3.05) is 11.9 Å². The first-order valence-electron chi connectivity index (χ1n) is 8.59. The lowest BCUT2D eigenvalue weighted by Crippen LogP contribution is -2.20. The molecular formula is C21H16ClN3O2S. The van der Waals surface area contributed by atoms with Crippen LogP contribution in [0.15, 0.2) is 60.8 Å². The molecule has 0 fully saturated rings. The van der Waals surface area contributed by atoms with Gasteiger partial charge in [-0.05, 0) is 67.1 Å². The third kappa shape index (κ3) is 4.13. The molecule has 0 unspecified atom stereocenters. The van der Waals surface area contributed by atoms with E-state index in [1.54, 1.807) is 24.4 Å². The molecule has 1 amide bonds. The van der Waals surface area contributed by atoms with Crippen molar-refractivity contribution in [3.8, 4) is 16.3 Å². The third-order valence-corrected chi connectivity index (χ3v) is 5.53. The SMILES string of the molecule is Cc1cc(OCC(=O)Nc2ccc(-c3nc4cccnc4s3)cc2)ccc1Cl. The molecule has 2 aromatic carbocycles. The summed E-state index contributed by atoms with van der Waals surface area (Å²) in [6.45, 7) is 1.81. The van der Waals surface area contributed by atoms with E-state index in [4.69, 9.17) is 16.3 Å². The Morgan fingerprint density at radius 3 is 2.75 bits per heavy atom. The van der Waals surface area contributed by atoms with Gasteiger partial charge in [0, 0.05) is 22.5 Å². The van der Waals surface area contributed by atoms with Gasteiger partial charge in [0.1, 0.15) is 21.1 Å². The van der Waals surface area contributed by atoms with E-state index in [-0.39, 0.29) is 12.5 Å². The Morgan fingerprint density at radius 1 is 1.18 bits per heavy atom. The molecule has 0 aliphatic rings. The van der Waals surface area contributed by atoms with E-state index in [1.165, 1.54) is 11.3 Å². The zero-order chi connectivity index (χ0) is 19.5. The van der Waals surface area contributed by atoms with Gasteiger partial charge in [-0.3, -0.25) is 4.79 Å². The highest BCUT2D eigenvalue weighted by Gasteiger charge is 2.08. The second-order valence-corrected chi connectivity index (χ2v) is 7.56. The summed E-state index contributed by atoms with van der Waals surface area (Å²) in [7, 11) is 0. The van der Waals surface area contributed by atoms with E-state index in [0.29, 0.717) is 16.5 Å². The lowest BCUT2D eigenvalue weighted by Gasteiger charge is -2.09. The lowest BCUT2D eigenvalue weighted by molar-refractivity contribution is -0.118. The van der Waals surface area contributed by atoms with Crippen molar-refractivity contribution in [2.24, 2.45) is 0 Å². The maximum atomic E-state index is 12.1. The molecule has 0 radical (unpaired) electrons. The number of anilines is 1. The second-order valence-electron chi connectivity index (χ2n) is 6.17. The van der Waals surface area contributed by atoms with Gasteiger partial charge >= 0.3 is 0 Å². The molecule has 4 aromatic rings. The molecule has 0 aliphatic heterocycles. The minimum Gasteiger partial charge on any atom is -0.484 e.